The van der Waals surface area contributed by atoms with Gasteiger partial charge < -0.3 is 15.7 Å². The van der Waals surface area contributed by atoms with E-state index in [1.165, 1.54) is 12.4 Å². The highest BCUT2D eigenvalue weighted by Gasteiger charge is 2.44. The summed E-state index contributed by atoms with van der Waals surface area (Å²) in [5.41, 5.74) is 4.89. The van der Waals surface area contributed by atoms with E-state index in [1.807, 2.05) is 13.8 Å². The average molecular weight is 278 g/mol. The van der Waals surface area contributed by atoms with Crippen LogP contribution in [0.25, 0.3) is 0 Å². The first-order valence-electron chi connectivity index (χ1n) is 6.45. The van der Waals surface area contributed by atoms with Gasteiger partial charge in [-0.15, -0.1) is 0 Å². The molecule has 0 radical (unpaired) electrons. The Morgan fingerprint density at radius 3 is 2.65 bits per heavy atom. The number of amides is 1. The van der Waals surface area contributed by atoms with Crippen LogP contribution in [0.5, 0.6) is 0 Å². The summed E-state index contributed by atoms with van der Waals surface area (Å²) in [5, 5.41) is 9.53. The van der Waals surface area contributed by atoms with Crippen molar-refractivity contribution in [1.29, 1.82) is 0 Å². The predicted molar refractivity (Wildman–Crippen MR) is 72.3 cm³/mol. The van der Waals surface area contributed by atoms with Crippen molar-refractivity contribution in [2.75, 3.05) is 11.4 Å². The van der Waals surface area contributed by atoms with Gasteiger partial charge in [-0.05, 0) is 18.3 Å². The van der Waals surface area contributed by atoms with Crippen LogP contribution < -0.4 is 10.6 Å². The highest BCUT2D eigenvalue weighted by molar-refractivity contribution is 5.96. The Bertz CT molecular complexity index is 544. The minimum atomic E-state index is -0.934. The molecule has 0 saturated carbocycles. The van der Waals surface area contributed by atoms with Crippen LogP contribution in [0, 0.1) is 5.41 Å². The zero-order valence-electron chi connectivity index (χ0n) is 11.5. The van der Waals surface area contributed by atoms with Crippen molar-refractivity contribution < 1.29 is 14.7 Å². The van der Waals surface area contributed by atoms with Gasteiger partial charge in [-0.2, -0.15) is 0 Å². The summed E-state index contributed by atoms with van der Waals surface area (Å²) in [5.74, 6) is -1.39. The number of piperidine rings is 1. The summed E-state index contributed by atoms with van der Waals surface area (Å²) in [6.07, 6.45) is 4.43. The fourth-order valence-corrected chi connectivity index (χ4v) is 2.80. The molecule has 0 aromatic carbocycles. The summed E-state index contributed by atoms with van der Waals surface area (Å²) in [6, 6.07) is -0.758. The zero-order chi connectivity index (χ0) is 14.9. The number of nitrogens with zero attached hydrogens (tertiary/aromatic N) is 3. The van der Waals surface area contributed by atoms with Gasteiger partial charge in [0.2, 0.25) is 0 Å². The van der Waals surface area contributed by atoms with Crippen LogP contribution in [0.15, 0.2) is 12.4 Å². The minimum absolute atomic E-state index is 0.0106. The number of carbonyl (C=O) groups excluding carboxylic acids is 1. The lowest BCUT2D eigenvalue weighted by molar-refractivity contribution is -0.142. The summed E-state index contributed by atoms with van der Waals surface area (Å²) in [4.78, 5) is 32.7. The molecule has 1 fully saturated rings. The number of primary amides is 1. The largest absolute Gasteiger partial charge is 0.480 e. The number of nitrogens with two attached hydrogens (primary N) is 1. The minimum Gasteiger partial charge on any atom is -0.480 e. The van der Waals surface area contributed by atoms with Crippen molar-refractivity contribution >= 4 is 17.7 Å². The van der Waals surface area contributed by atoms with Gasteiger partial charge in [0.1, 0.15) is 6.04 Å². The zero-order valence-corrected chi connectivity index (χ0v) is 11.5. The van der Waals surface area contributed by atoms with Crippen molar-refractivity contribution in [3.8, 4) is 0 Å². The van der Waals surface area contributed by atoms with E-state index in [0.717, 1.165) is 12.8 Å². The second-order valence-corrected chi connectivity index (χ2v) is 5.62. The summed E-state index contributed by atoms with van der Waals surface area (Å²) in [6.45, 7) is 4.32. The van der Waals surface area contributed by atoms with Crippen molar-refractivity contribution in [3.05, 3.63) is 18.1 Å². The first kappa shape index (κ1) is 14.2. The molecule has 7 heteroatoms. The van der Waals surface area contributed by atoms with E-state index in [0.29, 0.717) is 6.54 Å². The maximum atomic E-state index is 11.6. The van der Waals surface area contributed by atoms with Crippen molar-refractivity contribution in [3.63, 3.8) is 0 Å². The Hall–Kier alpha value is -2.18. The number of rotatable bonds is 3. The molecule has 1 aliphatic heterocycles. The average Bonchev–Trinajstić information content (AvgIpc) is 2.36. The third-order valence-electron chi connectivity index (χ3n) is 3.69. The summed E-state index contributed by atoms with van der Waals surface area (Å²) in [7, 11) is 0. The lowest BCUT2D eigenvalue weighted by Gasteiger charge is -2.44. The van der Waals surface area contributed by atoms with Crippen LogP contribution in [0.4, 0.5) is 5.82 Å². The molecule has 0 bridgehead atoms. The smallest absolute Gasteiger partial charge is 0.326 e. The Balaban J connectivity index is 2.50. The highest BCUT2D eigenvalue weighted by Crippen LogP contribution is 2.37. The first-order chi connectivity index (χ1) is 9.34. The molecule has 2 rings (SSSR count). The van der Waals surface area contributed by atoms with Crippen LogP contribution in [0.3, 0.4) is 0 Å². The molecule has 1 unspecified atom stereocenters. The van der Waals surface area contributed by atoms with Gasteiger partial charge >= 0.3 is 5.97 Å². The Morgan fingerprint density at radius 2 is 2.05 bits per heavy atom. The van der Waals surface area contributed by atoms with Gasteiger partial charge in [0, 0.05) is 18.9 Å². The number of hydrogen-bond acceptors (Lipinski definition) is 5. The third kappa shape index (κ3) is 2.43. The Morgan fingerprint density at radius 1 is 1.40 bits per heavy atom. The fourth-order valence-electron chi connectivity index (χ4n) is 2.80. The molecular weight excluding hydrogens is 260 g/mol. The maximum absolute atomic E-state index is 11.6. The van der Waals surface area contributed by atoms with E-state index < -0.39 is 23.3 Å². The van der Waals surface area contributed by atoms with Crippen molar-refractivity contribution in [1.82, 2.24) is 9.97 Å². The molecule has 1 aliphatic rings. The fraction of sp³-hybridized carbons (Fsp3) is 0.538. The number of aromatic nitrogens is 2. The van der Waals surface area contributed by atoms with Crippen molar-refractivity contribution in [2.24, 2.45) is 11.1 Å². The standard InChI is InChI=1S/C13H18N4O3/c1-13(2)4-3-7-17(9(13)12(19)20)11-8(10(14)18)15-5-6-16-11/h5-6,9H,3-4,7H2,1-2H3,(H2,14,18)(H,19,20). The number of hydrogen-bond donors (Lipinski definition) is 2. The number of carboxylic acid groups (broad SMARTS) is 1. The molecule has 2 heterocycles. The molecule has 0 spiro atoms. The number of carbonyl (C=O) groups is 2. The van der Waals surface area contributed by atoms with Crippen LogP contribution in [0.1, 0.15) is 37.2 Å². The molecule has 0 aliphatic carbocycles. The summed E-state index contributed by atoms with van der Waals surface area (Å²) < 4.78 is 0. The summed E-state index contributed by atoms with van der Waals surface area (Å²) >= 11 is 0. The predicted octanol–water partition coefficient (Wildman–Crippen LogP) is 0.655. The molecule has 3 N–H and O–H groups in total. The van der Waals surface area contributed by atoms with Gasteiger partial charge in [-0.3, -0.25) is 4.79 Å². The number of aliphatic carboxylic acids is 1. The monoisotopic (exact) mass is 278 g/mol. The quantitative estimate of drug-likeness (QED) is 0.840. The maximum Gasteiger partial charge on any atom is 0.326 e. The molecule has 1 saturated heterocycles. The van der Waals surface area contributed by atoms with Crippen LogP contribution in [-0.2, 0) is 4.79 Å². The van der Waals surface area contributed by atoms with E-state index in [9.17, 15) is 14.7 Å². The number of anilines is 1. The van der Waals surface area contributed by atoms with Crippen LogP contribution >= 0.6 is 0 Å². The van der Waals surface area contributed by atoms with E-state index in [4.69, 9.17) is 5.73 Å². The lowest BCUT2D eigenvalue weighted by atomic mass is 9.76. The van der Waals surface area contributed by atoms with E-state index in [1.54, 1.807) is 4.90 Å². The molecule has 1 amide bonds. The highest BCUT2D eigenvalue weighted by atomic mass is 16.4. The number of carboxylic acids is 1. The van der Waals surface area contributed by atoms with Crippen LogP contribution in [-0.4, -0.2) is 39.5 Å². The van der Waals surface area contributed by atoms with Gasteiger partial charge in [0.25, 0.3) is 5.91 Å². The molecule has 7 nitrogen and oxygen atoms in total. The Kier molecular flexibility index (Phi) is 3.61. The molecule has 108 valence electrons. The normalized spacial score (nSPS) is 21.5. The molecule has 1 aromatic rings. The van der Waals surface area contributed by atoms with Crippen LogP contribution in [0.2, 0.25) is 0 Å². The van der Waals surface area contributed by atoms with E-state index in [-0.39, 0.29) is 11.5 Å². The third-order valence-corrected chi connectivity index (χ3v) is 3.69. The first-order valence-corrected chi connectivity index (χ1v) is 6.45. The van der Waals surface area contributed by atoms with Gasteiger partial charge in [0.05, 0.1) is 0 Å². The van der Waals surface area contributed by atoms with Crippen molar-refractivity contribution in [2.45, 2.75) is 32.7 Å². The topological polar surface area (TPSA) is 109 Å². The second-order valence-electron chi connectivity index (χ2n) is 5.62. The molecule has 1 atom stereocenters. The molecule has 1 aromatic heterocycles. The second kappa shape index (κ2) is 5.07. The Labute approximate surface area is 116 Å². The molecule has 20 heavy (non-hydrogen) atoms. The van der Waals surface area contributed by atoms with Gasteiger partial charge in [-0.25, -0.2) is 14.8 Å². The van der Waals surface area contributed by atoms with Gasteiger partial charge in [0.15, 0.2) is 11.5 Å². The van der Waals surface area contributed by atoms with Gasteiger partial charge in [-0.1, -0.05) is 13.8 Å². The lowest BCUT2D eigenvalue weighted by Crippen LogP contribution is -2.55. The van der Waals surface area contributed by atoms with E-state index >= 15 is 0 Å². The van der Waals surface area contributed by atoms with E-state index in [2.05, 4.69) is 9.97 Å². The SMILES string of the molecule is CC1(C)CCCN(c2nccnc2C(N)=O)C1C(=O)O. The molecular formula is C13H18N4O3.